The number of hydrogen-bond donors (Lipinski definition) is 0. The van der Waals surface area contributed by atoms with Gasteiger partial charge in [0.2, 0.25) is 0 Å². The van der Waals surface area contributed by atoms with Crippen molar-refractivity contribution in [3.63, 3.8) is 0 Å². The van der Waals surface area contributed by atoms with Gasteiger partial charge in [0.25, 0.3) is 5.91 Å². The lowest BCUT2D eigenvalue weighted by Crippen LogP contribution is -2.39. The molecule has 0 N–H and O–H groups in total. The third-order valence-electron chi connectivity index (χ3n) is 4.30. The highest BCUT2D eigenvalue weighted by molar-refractivity contribution is 9.10. The van der Waals surface area contributed by atoms with E-state index in [4.69, 9.17) is 16.6 Å². The van der Waals surface area contributed by atoms with E-state index in [-0.39, 0.29) is 11.7 Å². The van der Waals surface area contributed by atoms with Crippen LogP contribution in [0.1, 0.15) is 17.1 Å². The van der Waals surface area contributed by atoms with E-state index < -0.39 is 0 Å². The molecule has 1 aromatic carbocycles. The number of thioether (sulfide) groups is 1. The van der Waals surface area contributed by atoms with Gasteiger partial charge in [-0.05, 0) is 68.5 Å². The van der Waals surface area contributed by atoms with Gasteiger partial charge >= 0.3 is 0 Å². The second kappa shape index (κ2) is 7.35. The molecule has 0 bridgehead atoms. The summed E-state index contributed by atoms with van der Waals surface area (Å²) in [6.45, 7) is 3.83. The van der Waals surface area contributed by atoms with Crippen LogP contribution in [0.15, 0.2) is 56.3 Å². The fourth-order valence-corrected chi connectivity index (χ4v) is 4.56. The Labute approximate surface area is 179 Å². The van der Waals surface area contributed by atoms with Crippen LogP contribution in [0.3, 0.4) is 0 Å². The largest absolute Gasteiger partial charge is 0.457 e. The Morgan fingerprint density at radius 1 is 1.14 bits per heavy atom. The van der Waals surface area contributed by atoms with Crippen molar-refractivity contribution in [2.75, 3.05) is 5.01 Å². The normalized spacial score (nSPS) is 15.9. The molecule has 3 heterocycles. The molecule has 142 valence electrons. The van der Waals surface area contributed by atoms with Crippen molar-refractivity contribution >= 4 is 56.2 Å². The fourth-order valence-electron chi connectivity index (χ4n) is 3.00. The van der Waals surface area contributed by atoms with Gasteiger partial charge in [0.15, 0.2) is 4.32 Å². The number of hydrogen-bond acceptors (Lipinski definition) is 4. The zero-order chi connectivity index (χ0) is 20.0. The second-order valence-corrected chi connectivity index (χ2v) is 8.84. The molecule has 1 aliphatic heterocycles. The molecule has 1 amide bonds. The van der Waals surface area contributed by atoms with Gasteiger partial charge < -0.3 is 4.42 Å². The van der Waals surface area contributed by atoms with Crippen molar-refractivity contribution in [1.29, 1.82) is 0 Å². The summed E-state index contributed by atoms with van der Waals surface area (Å²) < 4.78 is 22.8. The molecule has 1 fully saturated rings. The van der Waals surface area contributed by atoms with E-state index in [1.54, 1.807) is 35.0 Å². The number of carbonyl (C=O) groups is 1. The van der Waals surface area contributed by atoms with Crippen LogP contribution < -0.4 is 5.01 Å². The number of halogens is 2. The third kappa shape index (κ3) is 3.36. The van der Waals surface area contributed by atoms with Gasteiger partial charge in [-0.15, -0.1) is 0 Å². The molecule has 0 saturated carbocycles. The summed E-state index contributed by atoms with van der Waals surface area (Å²) in [5.74, 6) is 0.243. The molecule has 8 heteroatoms. The topological polar surface area (TPSA) is 38.4 Å². The monoisotopic (exact) mass is 476 g/mol. The maximum atomic E-state index is 14.2. The SMILES string of the molecule is Cc1ccc(C)n1N1C(=O)C(=Cc2ccc(-c3ccc(Br)cc3F)o2)SC1=S. The molecule has 2 aromatic heterocycles. The first-order valence-electron chi connectivity index (χ1n) is 8.33. The highest BCUT2D eigenvalue weighted by Crippen LogP contribution is 2.34. The van der Waals surface area contributed by atoms with E-state index in [9.17, 15) is 9.18 Å². The minimum absolute atomic E-state index is 0.217. The van der Waals surface area contributed by atoms with Gasteiger partial charge in [0.1, 0.15) is 17.3 Å². The van der Waals surface area contributed by atoms with Crippen LogP contribution in [0.4, 0.5) is 4.39 Å². The minimum atomic E-state index is -0.389. The zero-order valence-electron chi connectivity index (χ0n) is 14.9. The Hall–Kier alpha value is -2.16. The molecule has 0 atom stereocenters. The lowest BCUT2D eigenvalue weighted by atomic mass is 10.1. The summed E-state index contributed by atoms with van der Waals surface area (Å²) in [4.78, 5) is 13.4. The number of nitrogens with zero attached hydrogens (tertiary/aromatic N) is 2. The van der Waals surface area contributed by atoms with Crippen molar-refractivity contribution in [2.24, 2.45) is 0 Å². The van der Waals surface area contributed by atoms with Crippen LogP contribution >= 0.6 is 39.9 Å². The van der Waals surface area contributed by atoms with Crippen molar-refractivity contribution < 1.29 is 13.6 Å². The molecule has 0 radical (unpaired) electrons. The quantitative estimate of drug-likeness (QED) is 0.353. The zero-order valence-corrected chi connectivity index (χ0v) is 18.1. The van der Waals surface area contributed by atoms with Crippen LogP contribution in [-0.4, -0.2) is 14.9 Å². The van der Waals surface area contributed by atoms with Crippen molar-refractivity contribution in [2.45, 2.75) is 13.8 Å². The van der Waals surface area contributed by atoms with E-state index in [2.05, 4.69) is 15.9 Å². The smallest absolute Gasteiger partial charge is 0.285 e. The molecule has 0 aliphatic carbocycles. The Morgan fingerprint density at radius 3 is 2.54 bits per heavy atom. The third-order valence-corrected chi connectivity index (χ3v) is 6.08. The summed E-state index contributed by atoms with van der Waals surface area (Å²) >= 11 is 9.86. The maximum Gasteiger partial charge on any atom is 0.285 e. The number of amides is 1. The van der Waals surface area contributed by atoms with Gasteiger partial charge in [-0.1, -0.05) is 27.7 Å². The molecule has 1 saturated heterocycles. The number of furan rings is 1. The van der Waals surface area contributed by atoms with Crippen LogP contribution in [0, 0.1) is 19.7 Å². The number of thiocarbonyl (C=S) groups is 1. The Balaban J connectivity index is 1.65. The summed E-state index contributed by atoms with van der Waals surface area (Å²) in [7, 11) is 0. The van der Waals surface area contributed by atoms with Gasteiger partial charge in [0.05, 0.1) is 10.5 Å². The first-order chi connectivity index (χ1) is 13.3. The molecular formula is C20H14BrFN2O2S2. The number of aromatic nitrogens is 1. The van der Waals surface area contributed by atoms with Gasteiger partial charge in [-0.3, -0.25) is 9.47 Å². The molecule has 0 unspecified atom stereocenters. The van der Waals surface area contributed by atoms with Crippen molar-refractivity contribution in [3.8, 4) is 11.3 Å². The number of rotatable bonds is 3. The van der Waals surface area contributed by atoms with Crippen LogP contribution in [-0.2, 0) is 4.79 Å². The summed E-state index contributed by atoms with van der Waals surface area (Å²) in [5, 5.41) is 1.48. The average molecular weight is 477 g/mol. The lowest BCUT2D eigenvalue weighted by Gasteiger charge is -2.20. The first kappa shape index (κ1) is 19.2. The predicted octanol–water partition coefficient (Wildman–Crippen LogP) is 5.80. The average Bonchev–Trinajstić information content (AvgIpc) is 3.29. The number of benzene rings is 1. The van der Waals surface area contributed by atoms with Crippen LogP contribution in [0.2, 0.25) is 0 Å². The summed E-state index contributed by atoms with van der Waals surface area (Å²) in [5.41, 5.74) is 2.19. The van der Waals surface area contributed by atoms with Crippen molar-refractivity contribution in [3.05, 3.63) is 74.8 Å². The minimum Gasteiger partial charge on any atom is -0.457 e. The standard InChI is InChI=1S/C20H14BrFN2O2S2/c1-11-3-4-12(2)23(11)24-19(25)18(28-20(24)27)10-14-6-8-17(26-14)15-7-5-13(21)9-16(15)22/h3-10H,1-2H3. The van der Waals surface area contributed by atoms with Gasteiger partial charge in [-0.25, -0.2) is 4.39 Å². The lowest BCUT2D eigenvalue weighted by molar-refractivity contribution is -0.114. The number of aryl methyl sites for hydroxylation is 2. The van der Waals surface area contributed by atoms with E-state index in [0.29, 0.717) is 30.8 Å². The maximum absolute atomic E-state index is 14.2. The van der Waals surface area contributed by atoms with E-state index in [1.165, 1.54) is 22.8 Å². The molecule has 28 heavy (non-hydrogen) atoms. The summed E-state index contributed by atoms with van der Waals surface area (Å²) in [6.07, 6.45) is 1.63. The summed E-state index contributed by atoms with van der Waals surface area (Å²) in [6, 6.07) is 12.0. The molecule has 1 aliphatic rings. The molecule has 4 nitrogen and oxygen atoms in total. The highest BCUT2D eigenvalue weighted by Gasteiger charge is 2.35. The predicted molar refractivity (Wildman–Crippen MR) is 117 cm³/mol. The molecule has 3 aromatic rings. The second-order valence-electron chi connectivity index (χ2n) is 6.25. The highest BCUT2D eigenvalue weighted by atomic mass is 79.9. The Bertz CT molecular complexity index is 1130. The van der Waals surface area contributed by atoms with Crippen molar-refractivity contribution in [1.82, 2.24) is 4.68 Å². The molecular weight excluding hydrogens is 463 g/mol. The van der Waals surface area contributed by atoms with Gasteiger partial charge in [0, 0.05) is 21.9 Å². The van der Waals surface area contributed by atoms with Crippen LogP contribution in [0.5, 0.6) is 0 Å². The van der Waals surface area contributed by atoms with E-state index in [1.807, 2.05) is 26.0 Å². The first-order valence-corrected chi connectivity index (χ1v) is 10.4. The van der Waals surface area contributed by atoms with Gasteiger partial charge in [-0.2, -0.15) is 5.01 Å². The Morgan fingerprint density at radius 2 is 1.86 bits per heavy atom. The van der Waals surface area contributed by atoms with Crippen LogP contribution in [0.25, 0.3) is 17.4 Å². The molecule has 0 spiro atoms. The van der Waals surface area contributed by atoms with E-state index in [0.717, 1.165) is 11.4 Å². The number of carbonyl (C=O) groups excluding carboxylic acids is 1. The fraction of sp³-hybridized carbons (Fsp3) is 0.100. The Kier molecular flexibility index (Phi) is 5.03. The molecule has 4 rings (SSSR count). The van der Waals surface area contributed by atoms with E-state index >= 15 is 0 Å².